The Bertz CT molecular complexity index is 290. The largest absolute Gasteiger partial charge is 0.444 e. The van der Waals surface area contributed by atoms with Crippen LogP contribution in [0.5, 0.6) is 0 Å². The first-order chi connectivity index (χ1) is 7.83. The zero-order valence-corrected chi connectivity index (χ0v) is 11.2. The molecule has 0 radical (unpaired) electrons. The Hall–Kier alpha value is -1.06. The average Bonchev–Trinajstić information content (AvgIpc) is 2.96. The third-order valence-corrected chi connectivity index (χ3v) is 2.59. The number of hydrogen-bond donors (Lipinski definition) is 1. The molecule has 1 fully saturated rings. The van der Waals surface area contributed by atoms with E-state index in [1.54, 1.807) is 0 Å². The molecular formula is C13H23NO3. The van der Waals surface area contributed by atoms with E-state index in [1.165, 1.54) is 0 Å². The van der Waals surface area contributed by atoms with E-state index in [4.69, 9.17) is 4.74 Å². The molecule has 0 bridgehead atoms. The maximum Gasteiger partial charge on any atom is 0.408 e. The summed E-state index contributed by atoms with van der Waals surface area (Å²) in [6.07, 6.45) is 3.00. The quantitative estimate of drug-likeness (QED) is 0.805. The lowest BCUT2D eigenvalue weighted by atomic mass is 10.0. The molecule has 0 spiro atoms. The van der Waals surface area contributed by atoms with E-state index < -0.39 is 11.7 Å². The molecule has 0 aliphatic heterocycles. The molecular weight excluding hydrogens is 218 g/mol. The van der Waals surface area contributed by atoms with Gasteiger partial charge in [0.15, 0.2) is 5.78 Å². The second-order valence-electron chi connectivity index (χ2n) is 5.66. The molecule has 0 aromatic carbocycles. The number of amides is 1. The molecule has 1 saturated carbocycles. The van der Waals surface area contributed by atoms with Crippen molar-refractivity contribution in [2.75, 3.05) is 0 Å². The fourth-order valence-electron chi connectivity index (χ4n) is 1.68. The predicted octanol–water partition coefficient (Wildman–Crippen LogP) is 2.66. The van der Waals surface area contributed by atoms with Gasteiger partial charge in [-0.15, -0.1) is 0 Å². The second kappa shape index (κ2) is 5.52. The first-order valence-electron chi connectivity index (χ1n) is 6.36. The molecule has 1 aliphatic rings. The Morgan fingerprint density at radius 2 is 1.94 bits per heavy atom. The minimum Gasteiger partial charge on any atom is -0.444 e. The number of nitrogens with one attached hydrogen (secondary N) is 1. The maximum absolute atomic E-state index is 11.9. The van der Waals surface area contributed by atoms with Crippen LogP contribution in [-0.2, 0) is 9.53 Å². The normalized spacial score (nSPS) is 17.4. The number of ketones is 1. The van der Waals surface area contributed by atoms with Gasteiger partial charge in [-0.05, 0) is 40.0 Å². The highest BCUT2D eigenvalue weighted by atomic mass is 16.6. The molecule has 17 heavy (non-hydrogen) atoms. The fourth-order valence-corrected chi connectivity index (χ4v) is 1.68. The number of hydrogen-bond acceptors (Lipinski definition) is 3. The molecule has 0 aromatic heterocycles. The van der Waals surface area contributed by atoms with E-state index >= 15 is 0 Å². The summed E-state index contributed by atoms with van der Waals surface area (Å²) in [6.45, 7) is 7.43. The van der Waals surface area contributed by atoms with Gasteiger partial charge in [-0.2, -0.15) is 0 Å². The summed E-state index contributed by atoms with van der Waals surface area (Å²) in [7, 11) is 0. The molecule has 0 heterocycles. The van der Waals surface area contributed by atoms with Gasteiger partial charge in [-0.1, -0.05) is 13.3 Å². The first kappa shape index (κ1) is 14.0. The van der Waals surface area contributed by atoms with Gasteiger partial charge in [0.25, 0.3) is 0 Å². The van der Waals surface area contributed by atoms with Gasteiger partial charge in [0.2, 0.25) is 0 Å². The zero-order chi connectivity index (χ0) is 13.1. The number of alkyl carbamates (subject to hydrolysis) is 1. The Morgan fingerprint density at radius 3 is 2.35 bits per heavy atom. The number of carbonyl (C=O) groups is 2. The highest BCUT2D eigenvalue weighted by molar-refractivity contribution is 5.90. The van der Waals surface area contributed by atoms with Crippen molar-refractivity contribution in [2.24, 2.45) is 5.92 Å². The molecule has 1 aliphatic carbocycles. The minimum absolute atomic E-state index is 0.165. The van der Waals surface area contributed by atoms with E-state index in [9.17, 15) is 9.59 Å². The van der Waals surface area contributed by atoms with Crippen LogP contribution >= 0.6 is 0 Å². The molecule has 0 aromatic rings. The molecule has 4 nitrogen and oxygen atoms in total. The lowest BCUT2D eigenvalue weighted by Gasteiger charge is -2.22. The molecule has 4 heteroatoms. The Kier molecular flexibility index (Phi) is 4.54. The van der Waals surface area contributed by atoms with Crippen LogP contribution in [0.2, 0.25) is 0 Å². The lowest BCUT2D eigenvalue weighted by Crippen LogP contribution is -2.44. The molecule has 1 rings (SSSR count). The monoisotopic (exact) mass is 241 g/mol. The van der Waals surface area contributed by atoms with Crippen LogP contribution in [0.15, 0.2) is 0 Å². The van der Waals surface area contributed by atoms with Gasteiger partial charge in [0, 0.05) is 5.92 Å². The van der Waals surface area contributed by atoms with Gasteiger partial charge < -0.3 is 10.1 Å². The van der Waals surface area contributed by atoms with Crippen molar-refractivity contribution in [3.63, 3.8) is 0 Å². The number of ether oxygens (including phenoxy) is 1. The Labute approximate surface area is 103 Å². The van der Waals surface area contributed by atoms with E-state index in [0.717, 1.165) is 19.3 Å². The van der Waals surface area contributed by atoms with Crippen LogP contribution in [0, 0.1) is 5.92 Å². The van der Waals surface area contributed by atoms with Crippen LogP contribution in [0.3, 0.4) is 0 Å². The Morgan fingerprint density at radius 1 is 1.35 bits per heavy atom. The van der Waals surface area contributed by atoms with Crippen molar-refractivity contribution in [3.8, 4) is 0 Å². The SMILES string of the molecule is CCCC(NC(=O)OC(C)(C)C)C(=O)C1CC1. The molecule has 98 valence electrons. The fraction of sp³-hybridized carbons (Fsp3) is 0.846. The predicted molar refractivity (Wildman–Crippen MR) is 65.8 cm³/mol. The van der Waals surface area contributed by atoms with Gasteiger partial charge in [0.1, 0.15) is 5.60 Å². The third-order valence-electron chi connectivity index (χ3n) is 2.59. The van der Waals surface area contributed by atoms with Crippen molar-refractivity contribution in [1.29, 1.82) is 0 Å². The summed E-state index contributed by atoms with van der Waals surface area (Å²) in [6, 6.07) is -0.373. The van der Waals surface area contributed by atoms with Crippen LogP contribution in [0.1, 0.15) is 53.4 Å². The van der Waals surface area contributed by atoms with E-state index in [-0.39, 0.29) is 17.7 Å². The van der Waals surface area contributed by atoms with Crippen molar-refractivity contribution >= 4 is 11.9 Å². The summed E-state index contributed by atoms with van der Waals surface area (Å²) in [5.41, 5.74) is -0.524. The molecule has 1 atom stereocenters. The number of Topliss-reactive ketones (excluding diaryl/α,β-unsaturated/α-hetero) is 1. The molecule has 1 unspecified atom stereocenters. The van der Waals surface area contributed by atoms with Crippen LogP contribution in [-0.4, -0.2) is 23.5 Å². The van der Waals surface area contributed by atoms with Crippen molar-refractivity contribution < 1.29 is 14.3 Å². The van der Waals surface area contributed by atoms with Gasteiger partial charge in [-0.3, -0.25) is 4.79 Å². The van der Waals surface area contributed by atoms with Gasteiger partial charge in [-0.25, -0.2) is 4.79 Å². The average molecular weight is 241 g/mol. The van der Waals surface area contributed by atoms with E-state index in [1.807, 2.05) is 27.7 Å². The van der Waals surface area contributed by atoms with Gasteiger partial charge >= 0.3 is 6.09 Å². The van der Waals surface area contributed by atoms with Crippen molar-refractivity contribution in [2.45, 2.75) is 65.0 Å². The standard InChI is InChI=1S/C13H23NO3/c1-5-6-10(11(15)9-7-8-9)14-12(16)17-13(2,3)4/h9-10H,5-8H2,1-4H3,(H,14,16). The zero-order valence-electron chi connectivity index (χ0n) is 11.2. The third kappa shape index (κ3) is 5.20. The topological polar surface area (TPSA) is 55.4 Å². The van der Waals surface area contributed by atoms with Gasteiger partial charge in [0.05, 0.1) is 6.04 Å². The number of rotatable bonds is 5. The van der Waals surface area contributed by atoms with Crippen molar-refractivity contribution in [1.82, 2.24) is 5.32 Å². The summed E-state index contributed by atoms with van der Waals surface area (Å²) in [4.78, 5) is 23.5. The summed E-state index contributed by atoms with van der Waals surface area (Å²) >= 11 is 0. The van der Waals surface area contributed by atoms with Crippen LogP contribution in [0.4, 0.5) is 4.79 Å². The first-order valence-corrected chi connectivity index (χ1v) is 6.36. The van der Waals surface area contributed by atoms with Crippen molar-refractivity contribution in [3.05, 3.63) is 0 Å². The Balaban J connectivity index is 2.48. The second-order valence-corrected chi connectivity index (χ2v) is 5.66. The maximum atomic E-state index is 11.9. The lowest BCUT2D eigenvalue weighted by molar-refractivity contribution is -0.122. The van der Waals surface area contributed by atoms with Crippen LogP contribution in [0.25, 0.3) is 0 Å². The summed E-state index contributed by atoms with van der Waals surface area (Å²) in [5, 5.41) is 2.68. The molecule has 1 N–H and O–H groups in total. The minimum atomic E-state index is -0.524. The smallest absolute Gasteiger partial charge is 0.408 e. The molecule has 1 amide bonds. The van der Waals surface area contributed by atoms with Crippen LogP contribution < -0.4 is 5.32 Å². The number of carbonyl (C=O) groups excluding carboxylic acids is 2. The summed E-state index contributed by atoms with van der Waals surface area (Å²) < 4.78 is 5.16. The highest BCUT2D eigenvalue weighted by Gasteiger charge is 2.35. The van der Waals surface area contributed by atoms with E-state index in [0.29, 0.717) is 6.42 Å². The summed E-state index contributed by atoms with van der Waals surface area (Å²) in [5.74, 6) is 0.333. The highest BCUT2D eigenvalue weighted by Crippen LogP contribution is 2.31. The van der Waals surface area contributed by atoms with E-state index in [2.05, 4.69) is 5.32 Å². The molecule has 0 saturated heterocycles.